The van der Waals surface area contributed by atoms with Crippen LogP contribution in [0, 0.1) is 0 Å². The number of H-pyrrole nitrogens is 1. The van der Waals surface area contributed by atoms with E-state index in [1.54, 1.807) is 13.8 Å². The molecule has 2 amide bonds. The molecule has 0 saturated carbocycles. The first-order valence-corrected chi connectivity index (χ1v) is 10.3. The molecule has 0 spiro atoms. The standard InChI is InChI=1S/C24H28N4O2.ClH/c1-24(2,25)23(30)27-21(13-18-14-26-20-10-6-5-9-19(18)20)22(29)28-12-11-16-7-3-4-8-17(16)15-28;/h3-10,14,21,26H,11-13,15,25H2,1-2H3,(H,27,30);1H. The molecule has 2 heterocycles. The molecule has 0 fully saturated rings. The summed E-state index contributed by atoms with van der Waals surface area (Å²) in [5.74, 6) is -0.412. The Bertz CT molecular complexity index is 1090. The second-order valence-electron chi connectivity index (χ2n) is 8.59. The maximum absolute atomic E-state index is 13.5. The predicted octanol–water partition coefficient (Wildman–Crippen LogP) is 2.94. The van der Waals surface area contributed by atoms with Crippen molar-refractivity contribution in [2.24, 2.45) is 5.73 Å². The number of para-hydroxylation sites is 1. The third-order valence-electron chi connectivity index (χ3n) is 5.73. The van der Waals surface area contributed by atoms with Crippen molar-refractivity contribution in [3.8, 4) is 0 Å². The minimum absolute atomic E-state index is 0. The average molecular weight is 441 g/mol. The molecule has 0 saturated heterocycles. The summed E-state index contributed by atoms with van der Waals surface area (Å²) in [4.78, 5) is 31.2. The number of nitrogens with zero attached hydrogens (tertiary/aromatic N) is 1. The van der Waals surface area contributed by atoms with Crippen LogP contribution in [0.25, 0.3) is 10.9 Å². The Labute approximate surface area is 188 Å². The van der Waals surface area contributed by atoms with Gasteiger partial charge >= 0.3 is 0 Å². The number of amides is 2. The summed E-state index contributed by atoms with van der Waals surface area (Å²) in [6.07, 6.45) is 3.14. The van der Waals surface area contributed by atoms with E-state index < -0.39 is 11.6 Å². The Morgan fingerprint density at radius 1 is 1.13 bits per heavy atom. The van der Waals surface area contributed by atoms with E-state index in [0.29, 0.717) is 19.5 Å². The maximum Gasteiger partial charge on any atom is 0.245 e. The average Bonchev–Trinajstić information content (AvgIpc) is 3.14. The number of aromatic amines is 1. The SMILES string of the molecule is CC(C)(N)C(=O)NC(Cc1c[nH]c2ccccc12)C(=O)N1CCc2ccccc2C1.Cl. The van der Waals surface area contributed by atoms with E-state index in [1.165, 1.54) is 5.56 Å². The van der Waals surface area contributed by atoms with E-state index in [-0.39, 0.29) is 24.2 Å². The number of nitrogens with two attached hydrogens (primary N) is 1. The second kappa shape index (κ2) is 9.12. The summed E-state index contributed by atoms with van der Waals surface area (Å²) < 4.78 is 0. The molecule has 1 aliphatic rings. The minimum atomic E-state index is -1.06. The number of rotatable bonds is 5. The Morgan fingerprint density at radius 2 is 1.81 bits per heavy atom. The minimum Gasteiger partial charge on any atom is -0.361 e. The number of halogens is 1. The molecule has 1 unspecified atom stereocenters. The molecule has 1 aromatic heterocycles. The summed E-state index contributed by atoms with van der Waals surface area (Å²) in [6, 6.07) is 15.5. The van der Waals surface area contributed by atoms with Crippen LogP contribution >= 0.6 is 12.4 Å². The van der Waals surface area contributed by atoms with Gasteiger partial charge in [-0.3, -0.25) is 9.59 Å². The van der Waals surface area contributed by atoms with Gasteiger partial charge in [-0.2, -0.15) is 0 Å². The largest absolute Gasteiger partial charge is 0.361 e. The number of carbonyl (C=O) groups is 2. The first kappa shape index (κ1) is 22.8. The topological polar surface area (TPSA) is 91.2 Å². The number of nitrogens with one attached hydrogen (secondary N) is 2. The molecular formula is C24H29ClN4O2. The highest BCUT2D eigenvalue weighted by molar-refractivity contribution is 5.92. The van der Waals surface area contributed by atoms with Crippen molar-refractivity contribution in [2.45, 2.75) is 44.8 Å². The lowest BCUT2D eigenvalue weighted by Crippen LogP contribution is -2.57. The van der Waals surface area contributed by atoms with Crippen LogP contribution in [0.5, 0.6) is 0 Å². The van der Waals surface area contributed by atoms with Crippen molar-refractivity contribution in [2.75, 3.05) is 6.54 Å². The highest BCUT2D eigenvalue weighted by Gasteiger charge is 2.32. The number of hydrogen-bond donors (Lipinski definition) is 3. The van der Waals surface area contributed by atoms with Crippen LogP contribution in [0.15, 0.2) is 54.7 Å². The molecule has 0 bridgehead atoms. The lowest BCUT2D eigenvalue weighted by atomic mass is 9.97. The second-order valence-corrected chi connectivity index (χ2v) is 8.59. The quantitative estimate of drug-likeness (QED) is 0.569. The zero-order valence-electron chi connectivity index (χ0n) is 17.9. The number of hydrogen-bond acceptors (Lipinski definition) is 3. The fourth-order valence-corrected chi connectivity index (χ4v) is 3.97. The molecule has 0 aliphatic carbocycles. The molecule has 31 heavy (non-hydrogen) atoms. The molecule has 3 aromatic rings. The van der Waals surface area contributed by atoms with Gasteiger partial charge in [-0.15, -0.1) is 12.4 Å². The molecule has 4 N–H and O–H groups in total. The summed E-state index contributed by atoms with van der Waals surface area (Å²) in [5, 5.41) is 3.97. The Morgan fingerprint density at radius 3 is 2.55 bits per heavy atom. The molecule has 4 rings (SSSR count). The normalized spacial score (nSPS) is 14.5. The maximum atomic E-state index is 13.5. The van der Waals surface area contributed by atoms with Crippen LogP contribution < -0.4 is 11.1 Å². The van der Waals surface area contributed by atoms with Crippen molar-refractivity contribution in [1.29, 1.82) is 0 Å². The van der Waals surface area contributed by atoms with Gasteiger partial charge in [0, 0.05) is 36.6 Å². The Kier molecular flexibility index (Phi) is 6.72. The number of carbonyl (C=O) groups excluding carboxylic acids is 2. The smallest absolute Gasteiger partial charge is 0.245 e. The van der Waals surface area contributed by atoms with Crippen molar-refractivity contribution < 1.29 is 9.59 Å². The summed E-state index contributed by atoms with van der Waals surface area (Å²) >= 11 is 0. The van der Waals surface area contributed by atoms with Gasteiger partial charge in [0.05, 0.1) is 5.54 Å². The first-order valence-electron chi connectivity index (χ1n) is 10.3. The van der Waals surface area contributed by atoms with Gasteiger partial charge in [-0.1, -0.05) is 42.5 Å². The molecule has 7 heteroatoms. The zero-order chi connectivity index (χ0) is 21.3. The van der Waals surface area contributed by atoms with Gasteiger partial charge in [-0.25, -0.2) is 0 Å². The Balaban J connectivity index is 0.00000272. The van der Waals surface area contributed by atoms with Crippen LogP contribution in [0.2, 0.25) is 0 Å². The van der Waals surface area contributed by atoms with Gasteiger partial charge in [0.2, 0.25) is 11.8 Å². The molecule has 1 aliphatic heterocycles. The van der Waals surface area contributed by atoms with Crippen molar-refractivity contribution in [3.05, 3.63) is 71.4 Å². The highest BCUT2D eigenvalue weighted by atomic mass is 35.5. The van der Waals surface area contributed by atoms with E-state index in [9.17, 15) is 9.59 Å². The molecule has 6 nitrogen and oxygen atoms in total. The summed E-state index contributed by atoms with van der Waals surface area (Å²) in [6.45, 7) is 4.49. The van der Waals surface area contributed by atoms with Gasteiger partial charge in [-0.05, 0) is 43.0 Å². The molecule has 164 valence electrons. The number of aromatic nitrogens is 1. The molecule has 1 atom stereocenters. The van der Waals surface area contributed by atoms with Crippen LogP contribution in [0.4, 0.5) is 0 Å². The molecular weight excluding hydrogens is 412 g/mol. The summed E-state index contributed by atoms with van der Waals surface area (Å²) in [7, 11) is 0. The van der Waals surface area contributed by atoms with Crippen molar-refractivity contribution in [1.82, 2.24) is 15.2 Å². The van der Waals surface area contributed by atoms with Crippen LogP contribution in [0.1, 0.15) is 30.5 Å². The third-order valence-corrected chi connectivity index (χ3v) is 5.73. The fraction of sp³-hybridized carbons (Fsp3) is 0.333. The van der Waals surface area contributed by atoms with Crippen molar-refractivity contribution >= 4 is 35.1 Å². The van der Waals surface area contributed by atoms with Gasteiger partial charge in [0.15, 0.2) is 0 Å². The highest BCUT2D eigenvalue weighted by Crippen LogP contribution is 2.22. The fourth-order valence-electron chi connectivity index (χ4n) is 3.97. The van der Waals surface area contributed by atoms with E-state index in [2.05, 4.69) is 22.4 Å². The lowest BCUT2D eigenvalue weighted by Gasteiger charge is -2.33. The zero-order valence-corrected chi connectivity index (χ0v) is 18.7. The monoisotopic (exact) mass is 440 g/mol. The predicted molar refractivity (Wildman–Crippen MR) is 125 cm³/mol. The molecule has 2 aromatic carbocycles. The van der Waals surface area contributed by atoms with Crippen LogP contribution in [-0.4, -0.2) is 39.8 Å². The van der Waals surface area contributed by atoms with Crippen LogP contribution in [0.3, 0.4) is 0 Å². The van der Waals surface area contributed by atoms with E-state index in [1.807, 2.05) is 47.5 Å². The van der Waals surface area contributed by atoms with Gasteiger partial charge in [0.1, 0.15) is 6.04 Å². The first-order chi connectivity index (χ1) is 14.3. The number of benzene rings is 2. The Hall–Kier alpha value is -2.83. The van der Waals surface area contributed by atoms with E-state index >= 15 is 0 Å². The van der Waals surface area contributed by atoms with Crippen molar-refractivity contribution in [3.63, 3.8) is 0 Å². The van der Waals surface area contributed by atoms with Crippen LogP contribution in [-0.2, 0) is 29.0 Å². The van der Waals surface area contributed by atoms with Gasteiger partial charge in [0.25, 0.3) is 0 Å². The van der Waals surface area contributed by atoms with E-state index in [4.69, 9.17) is 5.73 Å². The summed E-state index contributed by atoms with van der Waals surface area (Å²) in [5.41, 5.74) is 9.37. The van der Waals surface area contributed by atoms with Gasteiger partial charge < -0.3 is 20.9 Å². The molecule has 0 radical (unpaired) electrons. The van der Waals surface area contributed by atoms with E-state index in [0.717, 1.165) is 28.5 Å². The third kappa shape index (κ3) is 4.92. The lowest BCUT2D eigenvalue weighted by molar-refractivity contribution is -0.138. The number of fused-ring (bicyclic) bond motifs is 2.